The van der Waals surface area contributed by atoms with Crippen LogP contribution in [0.3, 0.4) is 0 Å². The molecule has 26 heavy (non-hydrogen) atoms. The zero-order valence-electron chi connectivity index (χ0n) is 15.3. The molecule has 2 aromatic heterocycles. The fourth-order valence-electron chi connectivity index (χ4n) is 3.05. The third-order valence-corrected chi connectivity index (χ3v) is 5.53. The number of hydrogen-bond donors (Lipinski definition) is 0. The number of ether oxygens (including phenoxy) is 2. The molecule has 0 aliphatic carbocycles. The van der Waals surface area contributed by atoms with Gasteiger partial charge in [0.15, 0.2) is 10.9 Å². The molecule has 140 valence electrons. The maximum atomic E-state index is 11.7. The normalized spacial score (nSPS) is 15.1. The summed E-state index contributed by atoms with van der Waals surface area (Å²) in [7, 11) is 0. The summed E-state index contributed by atoms with van der Waals surface area (Å²) in [5.74, 6) is 1.35. The lowest BCUT2D eigenvalue weighted by atomic mass is 9.94. The van der Waals surface area contributed by atoms with Crippen LogP contribution in [0, 0.1) is 12.8 Å². The third kappa shape index (κ3) is 4.94. The van der Waals surface area contributed by atoms with E-state index in [1.807, 2.05) is 25.1 Å². The van der Waals surface area contributed by atoms with Gasteiger partial charge in [0.2, 0.25) is 0 Å². The number of anilines is 1. The van der Waals surface area contributed by atoms with Crippen LogP contribution in [-0.2, 0) is 4.74 Å². The summed E-state index contributed by atoms with van der Waals surface area (Å²) in [5.41, 5.74) is 0.945. The van der Waals surface area contributed by atoms with Gasteiger partial charge in [-0.25, -0.2) is 4.79 Å². The van der Waals surface area contributed by atoms with Crippen LogP contribution in [0.2, 0.25) is 0 Å². The first-order valence-electron chi connectivity index (χ1n) is 9.10. The minimum atomic E-state index is -0.279. The monoisotopic (exact) mass is 375 g/mol. The zero-order chi connectivity index (χ0) is 18.4. The van der Waals surface area contributed by atoms with E-state index in [1.165, 1.54) is 11.3 Å². The number of hydrogen-bond acceptors (Lipinski definition) is 7. The highest BCUT2D eigenvalue weighted by molar-refractivity contribution is 7.15. The number of carbonyl (C=O) groups is 1. The predicted octanol–water partition coefficient (Wildman–Crippen LogP) is 3.71. The van der Waals surface area contributed by atoms with Crippen LogP contribution in [0.15, 0.2) is 24.3 Å². The molecule has 1 aliphatic rings. The van der Waals surface area contributed by atoms with Gasteiger partial charge in [0.25, 0.3) is 0 Å². The minimum Gasteiger partial charge on any atom is -0.484 e. The highest BCUT2D eigenvalue weighted by atomic mass is 32.1. The Kier molecular flexibility index (Phi) is 6.44. The molecule has 0 saturated carbocycles. The van der Waals surface area contributed by atoms with E-state index in [2.05, 4.69) is 15.1 Å². The second kappa shape index (κ2) is 8.98. The SMILES string of the molecule is CCOC(=O)c1ccc(OCCC2CCN(c3ccc(C)nn3)CC2)s1. The van der Waals surface area contributed by atoms with Crippen molar-refractivity contribution in [2.45, 2.75) is 33.1 Å². The molecule has 0 amide bonds. The van der Waals surface area contributed by atoms with Crippen LogP contribution >= 0.6 is 11.3 Å². The van der Waals surface area contributed by atoms with Crippen LogP contribution in [0.4, 0.5) is 5.82 Å². The maximum Gasteiger partial charge on any atom is 0.348 e. The Morgan fingerprint density at radius 2 is 2.04 bits per heavy atom. The molecular formula is C19H25N3O3S. The van der Waals surface area contributed by atoms with Gasteiger partial charge in [0, 0.05) is 13.1 Å². The first kappa shape index (κ1) is 18.6. The van der Waals surface area contributed by atoms with E-state index < -0.39 is 0 Å². The van der Waals surface area contributed by atoms with Gasteiger partial charge >= 0.3 is 5.97 Å². The van der Waals surface area contributed by atoms with Crippen molar-refractivity contribution in [1.82, 2.24) is 10.2 Å². The summed E-state index contributed by atoms with van der Waals surface area (Å²) < 4.78 is 10.8. The first-order valence-corrected chi connectivity index (χ1v) is 9.92. The lowest BCUT2D eigenvalue weighted by Gasteiger charge is -2.32. The molecule has 3 heterocycles. The molecule has 1 saturated heterocycles. The van der Waals surface area contributed by atoms with E-state index in [9.17, 15) is 4.79 Å². The smallest absolute Gasteiger partial charge is 0.348 e. The van der Waals surface area contributed by atoms with Crippen LogP contribution in [0.5, 0.6) is 5.06 Å². The number of aryl methyl sites for hydroxylation is 1. The van der Waals surface area contributed by atoms with E-state index in [0.717, 1.165) is 48.9 Å². The molecule has 6 nitrogen and oxygen atoms in total. The van der Waals surface area contributed by atoms with Crippen molar-refractivity contribution in [2.75, 3.05) is 31.2 Å². The van der Waals surface area contributed by atoms with Crippen molar-refractivity contribution in [1.29, 1.82) is 0 Å². The average Bonchev–Trinajstić information content (AvgIpc) is 3.12. The Hall–Kier alpha value is -2.15. The van der Waals surface area contributed by atoms with Crippen molar-refractivity contribution in [2.24, 2.45) is 5.92 Å². The Morgan fingerprint density at radius 3 is 2.73 bits per heavy atom. The van der Waals surface area contributed by atoms with E-state index in [0.29, 0.717) is 24.0 Å². The molecule has 2 aromatic rings. The Morgan fingerprint density at radius 1 is 1.23 bits per heavy atom. The number of thiophene rings is 1. The maximum absolute atomic E-state index is 11.7. The van der Waals surface area contributed by atoms with Crippen molar-refractivity contribution in [3.05, 3.63) is 34.8 Å². The third-order valence-electron chi connectivity index (χ3n) is 4.55. The second-order valence-corrected chi connectivity index (χ2v) is 7.49. The molecule has 0 aromatic carbocycles. The highest BCUT2D eigenvalue weighted by Crippen LogP contribution is 2.27. The predicted molar refractivity (Wildman–Crippen MR) is 102 cm³/mol. The molecule has 1 fully saturated rings. The lowest BCUT2D eigenvalue weighted by molar-refractivity contribution is 0.0532. The summed E-state index contributed by atoms with van der Waals surface area (Å²) >= 11 is 1.35. The van der Waals surface area contributed by atoms with Gasteiger partial charge < -0.3 is 14.4 Å². The fourth-order valence-corrected chi connectivity index (χ4v) is 3.82. The van der Waals surface area contributed by atoms with Gasteiger partial charge in [0.1, 0.15) is 4.88 Å². The molecule has 0 unspecified atom stereocenters. The van der Waals surface area contributed by atoms with Crippen LogP contribution in [0.25, 0.3) is 0 Å². The summed E-state index contributed by atoms with van der Waals surface area (Å²) in [4.78, 5) is 14.6. The molecule has 7 heteroatoms. The minimum absolute atomic E-state index is 0.279. The molecule has 0 atom stereocenters. The summed E-state index contributed by atoms with van der Waals surface area (Å²) in [6.45, 7) is 6.84. The largest absolute Gasteiger partial charge is 0.484 e. The average molecular weight is 375 g/mol. The van der Waals surface area contributed by atoms with Crippen LogP contribution in [0.1, 0.15) is 41.6 Å². The molecular weight excluding hydrogens is 350 g/mol. The lowest BCUT2D eigenvalue weighted by Crippen LogP contribution is -2.34. The summed E-state index contributed by atoms with van der Waals surface area (Å²) in [6, 6.07) is 7.66. The van der Waals surface area contributed by atoms with Gasteiger partial charge in [-0.1, -0.05) is 11.3 Å². The van der Waals surface area contributed by atoms with Crippen molar-refractivity contribution in [3.63, 3.8) is 0 Å². The van der Waals surface area contributed by atoms with Crippen LogP contribution < -0.4 is 9.64 Å². The summed E-state index contributed by atoms with van der Waals surface area (Å²) in [5, 5.41) is 9.19. The Balaban J connectivity index is 1.39. The quantitative estimate of drug-likeness (QED) is 0.688. The van der Waals surface area contributed by atoms with Gasteiger partial charge in [-0.05, 0) is 63.3 Å². The summed E-state index contributed by atoms with van der Waals surface area (Å²) in [6.07, 6.45) is 3.30. The number of esters is 1. The van der Waals surface area contributed by atoms with Crippen molar-refractivity contribution >= 4 is 23.1 Å². The number of rotatable bonds is 7. The molecule has 0 spiro atoms. The first-order chi connectivity index (χ1) is 12.7. The number of carbonyl (C=O) groups excluding carboxylic acids is 1. The number of aromatic nitrogens is 2. The van der Waals surface area contributed by atoms with Crippen molar-refractivity contribution < 1.29 is 14.3 Å². The van der Waals surface area contributed by atoms with Gasteiger partial charge in [-0.2, -0.15) is 5.10 Å². The van der Waals surface area contributed by atoms with Gasteiger partial charge in [0.05, 0.1) is 18.9 Å². The molecule has 0 bridgehead atoms. The second-order valence-electron chi connectivity index (χ2n) is 6.44. The standard InChI is InChI=1S/C19H25N3O3S/c1-3-24-19(23)16-5-7-18(26-16)25-13-10-15-8-11-22(12-9-15)17-6-4-14(2)20-21-17/h4-7,15H,3,8-13H2,1-2H3. The zero-order valence-corrected chi connectivity index (χ0v) is 16.1. The van der Waals surface area contributed by atoms with E-state index >= 15 is 0 Å². The molecule has 0 N–H and O–H groups in total. The Labute approximate surface area is 158 Å². The molecule has 0 radical (unpaired) electrons. The van der Waals surface area contributed by atoms with E-state index in [-0.39, 0.29) is 5.97 Å². The highest BCUT2D eigenvalue weighted by Gasteiger charge is 2.20. The van der Waals surface area contributed by atoms with Gasteiger partial charge in [-0.15, -0.1) is 5.10 Å². The number of piperidine rings is 1. The molecule has 1 aliphatic heterocycles. The van der Waals surface area contributed by atoms with E-state index in [4.69, 9.17) is 9.47 Å². The van der Waals surface area contributed by atoms with E-state index in [1.54, 1.807) is 13.0 Å². The van der Waals surface area contributed by atoms with Crippen molar-refractivity contribution in [3.8, 4) is 5.06 Å². The van der Waals surface area contributed by atoms with Crippen LogP contribution in [-0.4, -0.2) is 42.5 Å². The number of nitrogens with zero attached hydrogens (tertiary/aromatic N) is 3. The topological polar surface area (TPSA) is 64.6 Å². The van der Waals surface area contributed by atoms with Gasteiger partial charge in [-0.3, -0.25) is 0 Å². The molecule has 3 rings (SSSR count). The fraction of sp³-hybridized carbons (Fsp3) is 0.526. The Bertz CT molecular complexity index is 709.